The molecule has 1 rings (SSSR count). The van der Waals surface area contributed by atoms with Crippen LogP contribution in [-0.2, 0) is 6.42 Å². The van der Waals surface area contributed by atoms with Crippen LogP contribution in [-0.4, -0.2) is 13.1 Å². The van der Waals surface area contributed by atoms with Crippen molar-refractivity contribution in [1.82, 2.24) is 5.32 Å². The highest BCUT2D eigenvalue weighted by molar-refractivity contribution is 9.11. The average Bonchev–Trinajstić information content (AvgIpc) is 2.62. The van der Waals surface area contributed by atoms with Gasteiger partial charge in [-0.15, -0.1) is 11.3 Å². The van der Waals surface area contributed by atoms with Crippen LogP contribution in [0.5, 0.6) is 0 Å². The molecule has 0 saturated heterocycles. The molecular formula is C13H21BrClNS. The van der Waals surface area contributed by atoms with Crippen LogP contribution >= 0.6 is 38.9 Å². The fourth-order valence-electron chi connectivity index (χ4n) is 1.72. The lowest BCUT2D eigenvalue weighted by atomic mass is 10.1. The van der Waals surface area contributed by atoms with Crippen molar-refractivity contribution in [3.05, 3.63) is 19.8 Å². The Balaban J connectivity index is 1.97. The van der Waals surface area contributed by atoms with E-state index in [1.807, 2.05) is 0 Å². The summed E-state index contributed by atoms with van der Waals surface area (Å²) in [4.78, 5) is 1.39. The van der Waals surface area contributed by atoms with Gasteiger partial charge in [0.25, 0.3) is 0 Å². The third-order valence-corrected chi connectivity index (χ3v) is 5.18. The van der Waals surface area contributed by atoms with Crippen molar-refractivity contribution in [1.29, 1.82) is 0 Å². The Morgan fingerprint density at radius 2 is 2.00 bits per heavy atom. The Labute approximate surface area is 122 Å². The van der Waals surface area contributed by atoms with E-state index in [4.69, 9.17) is 11.6 Å². The smallest absolute Gasteiger partial charge is 0.0887 e. The highest BCUT2D eigenvalue weighted by atomic mass is 79.9. The SMILES string of the molecule is CCCNCCCCCCc1cc(Cl)c(Br)s1. The van der Waals surface area contributed by atoms with E-state index in [0.717, 1.165) is 15.4 Å². The van der Waals surface area contributed by atoms with Gasteiger partial charge in [0, 0.05) is 4.88 Å². The molecule has 1 aromatic heterocycles. The molecule has 0 aliphatic carbocycles. The minimum Gasteiger partial charge on any atom is -0.317 e. The lowest BCUT2D eigenvalue weighted by molar-refractivity contribution is 0.585. The fourth-order valence-corrected chi connectivity index (χ4v) is 3.58. The van der Waals surface area contributed by atoms with Crippen molar-refractivity contribution in [2.45, 2.75) is 45.4 Å². The second-order valence-electron chi connectivity index (χ2n) is 4.25. The quantitative estimate of drug-likeness (QED) is 0.605. The molecule has 0 spiro atoms. The van der Waals surface area contributed by atoms with E-state index < -0.39 is 0 Å². The molecule has 1 nitrogen and oxygen atoms in total. The molecule has 4 heteroatoms. The maximum atomic E-state index is 6.00. The third kappa shape index (κ3) is 6.80. The van der Waals surface area contributed by atoms with Crippen molar-refractivity contribution in [2.24, 2.45) is 0 Å². The van der Waals surface area contributed by atoms with E-state index in [-0.39, 0.29) is 0 Å². The molecule has 0 aliphatic heterocycles. The van der Waals surface area contributed by atoms with Crippen molar-refractivity contribution >= 4 is 38.9 Å². The molecule has 0 aromatic carbocycles. The molecule has 98 valence electrons. The Bertz CT molecular complexity index is 295. The minimum atomic E-state index is 0.855. The largest absolute Gasteiger partial charge is 0.317 e. The van der Waals surface area contributed by atoms with Gasteiger partial charge < -0.3 is 5.32 Å². The topological polar surface area (TPSA) is 12.0 Å². The van der Waals surface area contributed by atoms with E-state index in [2.05, 4.69) is 34.2 Å². The standard InChI is InChI=1S/C13H21BrClNS/c1-2-8-16-9-6-4-3-5-7-11-10-12(15)13(14)17-11/h10,16H,2-9H2,1H3. The van der Waals surface area contributed by atoms with Gasteiger partial charge in [0.15, 0.2) is 0 Å². The van der Waals surface area contributed by atoms with Gasteiger partial charge in [-0.1, -0.05) is 31.4 Å². The summed E-state index contributed by atoms with van der Waals surface area (Å²) in [6.07, 6.45) is 7.62. The van der Waals surface area contributed by atoms with Crippen LogP contribution in [0.15, 0.2) is 9.85 Å². The first-order valence-corrected chi connectivity index (χ1v) is 8.37. The monoisotopic (exact) mass is 337 g/mol. The van der Waals surface area contributed by atoms with E-state index >= 15 is 0 Å². The van der Waals surface area contributed by atoms with E-state index in [1.54, 1.807) is 11.3 Å². The predicted octanol–water partition coefficient (Wildman–Crippen LogP) is 5.27. The number of halogens is 2. The first-order chi connectivity index (χ1) is 8.24. The van der Waals surface area contributed by atoms with Crippen LogP contribution in [0, 0.1) is 0 Å². The summed E-state index contributed by atoms with van der Waals surface area (Å²) >= 11 is 11.2. The van der Waals surface area contributed by atoms with Gasteiger partial charge in [0.2, 0.25) is 0 Å². The average molecular weight is 339 g/mol. The summed E-state index contributed by atoms with van der Waals surface area (Å²) in [5, 5.41) is 4.29. The summed E-state index contributed by atoms with van der Waals surface area (Å²) in [7, 11) is 0. The van der Waals surface area contributed by atoms with Gasteiger partial charge >= 0.3 is 0 Å². The highest BCUT2D eigenvalue weighted by Crippen LogP contribution is 2.32. The minimum absolute atomic E-state index is 0.855. The lowest BCUT2D eigenvalue weighted by Gasteiger charge is -2.02. The van der Waals surface area contributed by atoms with Gasteiger partial charge in [-0.3, -0.25) is 0 Å². The molecule has 1 aromatic rings. The fraction of sp³-hybridized carbons (Fsp3) is 0.692. The van der Waals surface area contributed by atoms with Gasteiger partial charge in [0.1, 0.15) is 0 Å². The molecule has 1 N–H and O–H groups in total. The molecule has 0 bridgehead atoms. The number of aryl methyl sites for hydroxylation is 1. The first-order valence-electron chi connectivity index (χ1n) is 6.38. The number of thiophene rings is 1. The van der Waals surface area contributed by atoms with Gasteiger partial charge in [-0.2, -0.15) is 0 Å². The molecule has 0 fully saturated rings. The summed E-state index contributed by atoms with van der Waals surface area (Å²) in [6.45, 7) is 4.53. The molecule has 0 unspecified atom stereocenters. The zero-order valence-corrected chi connectivity index (χ0v) is 13.6. The van der Waals surface area contributed by atoms with Crippen molar-refractivity contribution in [2.75, 3.05) is 13.1 Å². The van der Waals surface area contributed by atoms with Crippen LogP contribution in [0.2, 0.25) is 5.02 Å². The molecule has 0 aliphatic rings. The van der Waals surface area contributed by atoms with Crippen LogP contribution in [0.3, 0.4) is 0 Å². The van der Waals surface area contributed by atoms with E-state index in [0.29, 0.717) is 0 Å². The molecule has 0 atom stereocenters. The van der Waals surface area contributed by atoms with Crippen molar-refractivity contribution < 1.29 is 0 Å². The van der Waals surface area contributed by atoms with Gasteiger partial charge in [-0.25, -0.2) is 0 Å². The Kier molecular flexibility index (Phi) is 8.54. The van der Waals surface area contributed by atoms with E-state index in [1.165, 1.54) is 49.9 Å². The van der Waals surface area contributed by atoms with Crippen LogP contribution < -0.4 is 5.32 Å². The summed E-state index contributed by atoms with van der Waals surface area (Å²) < 4.78 is 1.07. The van der Waals surface area contributed by atoms with Crippen LogP contribution in [0.25, 0.3) is 0 Å². The van der Waals surface area contributed by atoms with E-state index in [9.17, 15) is 0 Å². The zero-order chi connectivity index (χ0) is 12.5. The molecular weight excluding hydrogens is 318 g/mol. The molecule has 0 amide bonds. The predicted molar refractivity (Wildman–Crippen MR) is 82.4 cm³/mol. The number of nitrogens with one attached hydrogen (secondary N) is 1. The number of hydrogen-bond donors (Lipinski definition) is 1. The highest BCUT2D eigenvalue weighted by Gasteiger charge is 2.03. The zero-order valence-electron chi connectivity index (χ0n) is 10.4. The number of rotatable bonds is 9. The van der Waals surface area contributed by atoms with Crippen molar-refractivity contribution in [3.63, 3.8) is 0 Å². The van der Waals surface area contributed by atoms with Crippen LogP contribution in [0.4, 0.5) is 0 Å². The molecule has 0 saturated carbocycles. The lowest BCUT2D eigenvalue weighted by Crippen LogP contribution is -2.15. The summed E-state index contributed by atoms with van der Waals surface area (Å²) in [5.74, 6) is 0. The first kappa shape index (κ1) is 15.5. The number of hydrogen-bond acceptors (Lipinski definition) is 2. The molecule has 17 heavy (non-hydrogen) atoms. The third-order valence-electron chi connectivity index (χ3n) is 2.65. The van der Waals surface area contributed by atoms with Crippen molar-refractivity contribution in [3.8, 4) is 0 Å². The van der Waals surface area contributed by atoms with Crippen LogP contribution in [0.1, 0.15) is 43.9 Å². The van der Waals surface area contributed by atoms with Gasteiger partial charge in [0.05, 0.1) is 8.81 Å². The molecule has 1 heterocycles. The number of unbranched alkanes of at least 4 members (excludes halogenated alkanes) is 3. The summed E-state index contributed by atoms with van der Waals surface area (Å²) in [6, 6.07) is 2.08. The molecule has 0 radical (unpaired) electrons. The second kappa shape index (κ2) is 9.37. The van der Waals surface area contributed by atoms with Gasteiger partial charge in [-0.05, 0) is 60.8 Å². The normalized spacial score (nSPS) is 11.0. The maximum Gasteiger partial charge on any atom is 0.0887 e. The Hall–Kier alpha value is 0.430. The Morgan fingerprint density at radius 3 is 2.65 bits per heavy atom. The maximum absolute atomic E-state index is 6.00. The second-order valence-corrected chi connectivity index (χ2v) is 7.11. The summed E-state index contributed by atoms with van der Waals surface area (Å²) in [5.41, 5.74) is 0. The Morgan fingerprint density at radius 1 is 1.24 bits per heavy atom.